The van der Waals surface area contributed by atoms with Crippen molar-refractivity contribution in [2.75, 3.05) is 6.54 Å². The number of hydrogen-bond donors (Lipinski definition) is 2. The van der Waals surface area contributed by atoms with Crippen LogP contribution in [0.25, 0.3) is 0 Å². The Morgan fingerprint density at radius 1 is 1.46 bits per heavy atom. The molecule has 4 heteroatoms. The summed E-state index contributed by atoms with van der Waals surface area (Å²) in [5.41, 5.74) is 6.34. The number of nitrogens with one attached hydrogen (secondary N) is 2. The average Bonchev–Trinajstić information content (AvgIpc) is 2.71. The van der Waals surface area contributed by atoms with Gasteiger partial charge in [0, 0.05) is 6.54 Å². The van der Waals surface area contributed by atoms with Crippen molar-refractivity contribution in [3.63, 3.8) is 0 Å². The monoisotopic (exact) mass is 199 g/mol. The molecule has 0 amide bonds. The van der Waals surface area contributed by atoms with E-state index in [1.54, 1.807) is 0 Å². The summed E-state index contributed by atoms with van der Waals surface area (Å²) in [5, 5.41) is 0.861. The van der Waals surface area contributed by atoms with Crippen molar-refractivity contribution in [3.05, 3.63) is 0 Å². The van der Waals surface area contributed by atoms with Gasteiger partial charge >= 0.3 is 0 Å². The molecule has 0 bridgehead atoms. The van der Waals surface area contributed by atoms with Gasteiger partial charge in [-0.05, 0) is 37.9 Å². The first kappa shape index (κ1) is 9.21. The second kappa shape index (κ2) is 3.80. The molecule has 1 saturated heterocycles. The Balaban J connectivity index is 2.01. The molecule has 0 aromatic rings. The second-order valence-corrected chi connectivity index (χ2v) is 4.24. The van der Waals surface area contributed by atoms with Crippen LogP contribution < -0.4 is 10.9 Å². The number of rotatable bonds is 2. The van der Waals surface area contributed by atoms with Crippen LogP contribution in [0.3, 0.4) is 0 Å². The van der Waals surface area contributed by atoms with E-state index in [2.05, 4.69) is 22.7 Å². The summed E-state index contributed by atoms with van der Waals surface area (Å²) >= 11 is 5.20. The fraction of sp³-hybridized carbons (Fsp3) is 0.889. The van der Waals surface area contributed by atoms with Gasteiger partial charge in [0.25, 0.3) is 0 Å². The SMILES string of the molecule is CCN1C(=S)NNC1C1CCCC1. The maximum Gasteiger partial charge on any atom is 0.184 e. The van der Waals surface area contributed by atoms with E-state index in [1.165, 1.54) is 25.7 Å². The van der Waals surface area contributed by atoms with Gasteiger partial charge in [0.2, 0.25) is 0 Å². The Morgan fingerprint density at radius 2 is 2.15 bits per heavy atom. The predicted octanol–water partition coefficient (Wildman–Crippen LogP) is 1.22. The molecule has 74 valence electrons. The zero-order valence-corrected chi connectivity index (χ0v) is 8.86. The number of hydrogen-bond acceptors (Lipinski definition) is 2. The topological polar surface area (TPSA) is 27.3 Å². The van der Waals surface area contributed by atoms with Crippen LogP contribution in [0.1, 0.15) is 32.6 Å². The Bertz CT molecular complexity index is 201. The molecule has 0 radical (unpaired) electrons. The normalized spacial score (nSPS) is 29.8. The minimum Gasteiger partial charge on any atom is -0.331 e. The second-order valence-electron chi connectivity index (χ2n) is 3.85. The van der Waals surface area contributed by atoms with Crippen molar-refractivity contribution in [2.45, 2.75) is 38.8 Å². The molecular formula is C9H17N3S. The fourth-order valence-electron chi connectivity index (χ4n) is 2.40. The summed E-state index contributed by atoms with van der Waals surface area (Å²) in [7, 11) is 0. The van der Waals surface area contributed by atoms with Crippen molar-refractivity contribution in [1.82, 2.24) is 15.8 Å². The first-order valence-electron chi connectivity index (χ1n) is 5.15. The number of hydrazine groups is 1. The Morgan fingerprint density at radius 3 is 2.77 bits per heavy atom. The highest BCUT2D eigenvalue weighted by molar-refractivity contribution is 7.80. The molecule has 0 aromatic carbocycles. The van der Waals surface area contributed by atoms with Crippen LogP contribution in [0.5, 0.6) is 0 Å². The van der Waals surface area contributed by atoms with Crippen LogP contribution in [-0.2, 0) is 0 Å². The summed E-state index contributed by atoms with van der Waals surface area (Å²) in [6.45, 7) is 3.16. The molecule has 2 fully saturated rings. The molecule has 1 heterocycles. The highest BCUT2D eigenvalue weighted by atomic mass is 32.1. The molecular weight excluding hydrogens is 182 g/mol. The Hall–Kier alpha value is -0.350. The third kappa shape index (κ3) is 1.65. The summed E-state index contributed by atoms with van der Waals surface area (Å²) in [5.74, 6) is 0.785. The fourth-order valence-corrected chi connectivity index (χ4v) is 2.70. The Kier molecular flexibility index (Phi) is 2.69. The lowest BCUT2D eigenvalue weighted by Gasteiger charge is -2.27. The van der Waals surface area contributed by atoms with E-state index >= 15 is 0 Å². The summed E-state index contributed by atoms with van der Waals surface area (Å²) < 4.78 is 0. The lowest BCUT2D eigenvalue weighted by molar-refractivity contribution is 0.227. The molecule has 2 N–H and O–H groups in total. The number of thiocarbonyl (C=S) groups is 1. The molecule has 2 rings (SSSR count). The van der Waals surface area contributed by atoms with Crippen LogP contribution in [0.4, 0.5) is 0 Å². The quantitative estimate of drug-likeness (QED) is 0.654. The van der Waals surface area contributed by atoms with Gasteiger partial charge in [0.1, 0.15) is 6.17 Å². The van der Waals surface area contributed by atoms with Crippen LogP contribution in [0.15, 0.2) is 0 Å². The molecule has 1 aliphatic heterocycles. The van der Waals surface area contributed by atoms with Crippen LogP contribution in [0, 0.1) is 5.92 Å². The van der Waals surface area contributed by atoms with E-state index in [1.807, 2.05) is 0 Å². The molecule has 1 saturated carbocycles. The summed E-state index contributed by atoms with van der Waals surface area (Å²) in [6.07, 6.45) is 5.90. The van der Waals surface area contributed by atoms with E-state index in [0.717, 1.165) is 17.6 Å². The highest BCUT2D eigenvalue weighted by Gasteiger charge is 2.34. The van der Waals surface area contributed by atoms with Gasteiger partial charge in [-0.15, -0.1) is 0 Å². The molecule has 1 atom stereocenters. The maximum atomic E-state index is 5.20. The van der Waals surface area contributed by atoms with E-state index in [9.17, 15) is 0 Å². The van der Waals surface area contributed by atoms with Gasteiger partial charge in [0.05, 0.1) is 0 Å². The van der Waals surface area contributed by atoms with Crippen molar-refractivity contribution < 1.29 is 0 Å². The smallest absolute Gasteiger partial charge is 0.184 e. The minimum atomic E-state index is 0.444. The first-order chi connectivity index (χ1) is 6.33. The van der Waals surface area contributed by atoms with Gasteiger partial charge in [-0.2, -0.15) is 0 Å². The molecule has 13 heavy (non-hydrogen) atoms. The van der Waals surface area contributed by atoms with Crippen molar-refractivity contribution in [3.8, 4) is 0 Å². The maximum absolute atomic E-state index is 5.20. The lowest BCUT2D eigenvalue weighted by atomic mass is 10.0. The molecule has 3 nitrogen and oxygen atoms in total. The predicted molar refractivity (Wildman–Crippen MR) is 57.0 cm³/mol. The van der Waals surface area contributed by atoms with E-state index in [-0.39, 0.29) is 0 Å². The van der Waals surface area contributed by atoms with Crippen molar-refractivity contribution >= 4 is 17.3 Å². The van der Waals surface area contributed by atoms with Gasteiger partial charge in [-0.3, -0.25) is 5.43 Å². The zero-order valence-electron chi connectivity index (χ0n) is 8.05. The van der Waals surface area contributed by atoms with E-state index in [4.69, 9.17) is 12.2 Å². The molecule has 1 unspecified atom stereocenters. The van der Waals surface area contributed by atoms with E-state index in [0.29, 0.717) is 6.17 Å². The third-order valence-corrected chi connectivity index (χ3v) is 3.45. The summed E-state index contributed by atoms with van der Waals surface area (Å²) in [6, 6.07) is 0. The zero-order chi connectivity index (χ0) is 9.26. The number of nitrogens with zero attached hydrogens (tertiary/aromatic N) is 1. The molecule has 1 aliphatic carbocycles. The van der Waals surface area contributed by atoms with Gasteiger partial charge in [0.15, 0.2) is 5.11 Å². The van der Waals surface area contributed by atoms with E-state index < -0.39 is 0 Å². The molecule has 2 aliphatic rings. The third-order valence-electron chi connectivity index (χ3n) is 3.11. The summed E-state index contributed by atoms with van der Waals surface area (Å²) in [4.78, 5) is 2.26. The van der Waals surface area contributed by atoms with Crippen LogP contribution in [-0.4, -0.2) is 22.7 Å². The first-order valence-corrected chi connectivity index (χ1v) is 5.56. The molecule has 0 spiro atoms. The molecule has 0 aromatic heterocycles. The van der Waals surface area contributed by atoms with Crippen LogP contribution >= 0.6 is 12.2 Å². The highest BCUT2D eigenvalue weighted by Crippen LogP contribution is 2.30. The standard InChI is InChI=1S/C9H17N3S/c1-2-12-8(10-11-9(12)13)7-5-3-4-6-7/h7-8,10H,2-6H2,1H3,(H,11,13). The van der Waals surface area contributed by atoms with Gasteiger partial charge < -0.3 is 4.90 Å². The van der Waals surface area contributed by atoms with Crippen molar-refractivity contribution in [1.29, 1.82) is 0 Å². The van der Waals surface area contributed by atoms with Gasteiger partial charge in [-0.1, -0.05) is 12.8 Å². The van der Waals surface area contributed by atoms with Crippen molar-refractivity contribution in [2.24, 2.45) is 5.92 Å². The van der Waals surface area contributed by atoms with Crippen LogP contribution in [0.2, 0.25) is 0 Å². The average molecular weight is 199 g/mol. The lowest BCUT2D eigenvalue weighted by Crippen LogP contribution is -2.42. The Labute approximate surface area is 84.8 Å². The van der Waals surface area contributed by atoms with Gasteiger partial charge in [-0.25, -0.2) is 5.43 Å². The minimum absolute atomic E-state index is 0.444. The largest absolute Gasteiger partial charge is 0.331 e.